The van der Waals surface area contributed by atoms with E-state index in [4.69, 9.17) is 46.4 Å². The maximum Gasteiger partial charge on any atom is 0.253 e. The third-order valence-electron chi connectivity index (χ3n) is 5.58. The van der Waals surface area contributed by atoms with Crippen LogP contribution in [-0.2, 0) is 21.2 Å². The number of carbonyl (C=O) groups excluding carboxylic acids is 2. The van der Waals surface area contributed by atoms with Crippen molar-refractivity contribution in [2.75, 3.05) is 25.1 Å². The molecule has 0 radical (unpaired) electrons. The molecule has 1 aliphatic heterocycles. The highest BCUT2D eigenvalue weighted by atomic mass is 35.5. The molecule has 12 heteroatoms. The largest absolute Gasteiger partial charge is 0.350 e. The number of halogens is 4. The molecule has 35 heavy (non-hydrogen) atoms. The van der Waals surface area contributed by atoms with Crippen molar-refractivity contribution in [2.24, 2.45) is 0 Å². The van der Waals surface area contributed by atoms with E-state index in [1.165, 1.54) is 18.2 Å². The molecule has 0 bridgehead atoms. The Hall–Kier alpha value is -1.55. The first-order valence-corrected chi connectivity index (χ1v) is 14.4. The van der Waals surface area contributed by atoms with Gasteiger partial charge in [-0.2, -0.15) is 0 Å². The Balaban J connectivity index is 1.63. The third-order valence-corrected chi connectivity index (χ3v) is 7.85. The normalized spacial score (nSPS) is 17.2. The number of carbonyl (C=O) groups is 2. The molecule has 2 amide bonds. The highest BCUT2D eigenvalue weighted by Gasteiger charge is 2.29. The van der Waals surface area contributed by atoms with Crippen molar-refractivity contribution in [3.8, 4) is 0 Å². The zero-order chi connectivity index (χ0) is 25.8. The minimum absolute atomic E-state index is 0.0681. The molecule has 190 valence electrons. The van der Waals surface area contributed by atoms with Crippen LogP contribution in [0, 0.1) is 0 Å². The highest BCUT2D eigenvalue weighted by molar-refractivity contribution is 7.90. The van der Waals surface area contributed by atoms with E-state index in [0.717, 1.165) is 18.4 Å². The summed E-state index contributed by atoms with van der Waals surface area (Å²) >= 11 is 24.1. The molecule has 0 spiro atoms. The predicted molar refractivity (Wildman–Crippen MR) is 140 cm³/mol. The highest BCUT2D eigenvalue weighted by Crippen LogP contribution is 2.24. The lowest BCUT2D eigenvalue weighted by atomic mass is 10.1. The summed E-state index contributed by atoms with van der Waals surface area (Å²) in [5.74, 6) is -1.30. The quantitative estimate of drug-likeness (QED) is 0.463. The standard InChI is InChI=1S/C23H25Cl4N3O4S/c1-35(33,34)9-7-21(29-22(31)17-4-3-15(24)11-19(17)26)23(32)28-16-6-8-30(13-16)12-14-2-5-18(25)20(27)10-14/h2-5,10-11,16,21H,6-9,12-13H2,1H3,(H,28,32)(H,29,31)/t16-,21+/m1/s1. The number of benzene rings is 2. The number of amides is 2. The van der Waals surface area contributed by atoms with Crippen molar-refractivity contribution in [1.82, 2.24) is 15.5 Å². The molecule has 0 saturated carbocycles. The minimum atomic E-state index is -3.35. The van der Waals surface area contributed by atoms with Crippen LogP contribution < -0.4 is 10.6 Å². The summed E-state index contributed by atoms with van der Waals surface area (Å²) < 4.78 is 23.4. The zero-order valence-corrected chi connectivity index (χ0v) is 22.7. The molecule has 2 aromatic rings. The lowest BCUT2D eigenvalue weighted by molar-refractivity contribution is -0.123. The van der Waals surface area contributed by atoms with Gasteiger partial charge in [0.1, 0.15) is 15.9 Å². The van der Waals surface area contributed by atoms with Crippen LogP contribution in [0.3, 0.4) is 0 Å². The van der Waals surface area contributed by atoms with Crippen LogP contribution in [0.15, 0.2) is 36.4 Å². The van der Waals surface area contributed by atoms with Crippen LogP contribution in [0.5, 0.6) is 0 Å². The van der Waals surface area contributed by atoms with E-state index in [-0.39, 0.29) is 28.8 Å². The molecule has 1 heterocycles. The van der Waals surface area contributed by atoms with Crippen LogP contribution in [0.25, 0.3) is 0 Å². The fraction of sp³-hybridized carbons (Fsp3) is 0.391. The smallest absolute Gasteiger partial charge is 0.253 e. The molecule has 7 nitrogen and oxygen atoms in total. The van der Waals surface area contributed by atoms with Gasteiger partial charge < -0.3 is 10.6 Å². The van der Waals surface area contributed by atoms with Gasteiger partial charge in [-0.15, -0.1) is 0 Å². The number of likely N-dealkylation sites (tertiary alicyclic amines) is 1. The maximum atomic E-state index is 13.0. The first kappa shape index (κ1) is 28.0. The SMILES string of the molecule is CS(=O)(=O)CC[C@H](NC(=O)c1ccc(Cl)cc1Cl)C(=O)N[C@@H]1CCN(Cc2ccc(Cl)c(Cl)c2)C1. The zero-order valence-electron chi connectivity index (χ0n) is 18.9. The van der Waals surface area contributed by atoms with Crippen molar-refractivity contribution < 1.29 is 18.0 Å². The molecule has 1 saturated heterocycles. The summed E-state index contributed by atoms with van der Waals surface area (Å²) in [5.41, 5.74) is 1.14. The van der Waals surface area contributed by atoms with Crippen LogP contribution in [0.2, 0.25) is 20.1 Å². The van der Waals surface area contributed by atoms with Gasteiger partial charge in [0.15, 0.2) is 0 Å². The van der Waals surface area contributed by atoms with Gasteiger partial charge in [0.2, 0.25) is 5.91 Å². The first-order valence-electron chi connectivity index (χ1n) is 10.8. The first-order chi connectivity index (χ1) is 16.4. The van der Waals surface area contributed by atoms with Crippen LogP contribution in [0.4, 0.5) is 0 Å². The molecular formula is C23H25Cl4N3O4S. The van der Waals surface area contributed by atoms with E-state index in [9.17, 15) is 18.0 Å². The fourth-order valence-corrected chi connectivity index (χ4v) is 5.28. The maximum absolute atomic E-state index is 13.0. The fourth-order valence-electron chi connectivity index (χ4n) is 3.80. The lowest BCUT2D eigenvalue weighted by Crippen LogP contribution is -2.50. The topological polar surface area (TPSA) is 95.6 Å². The Labute approximate surface area is 225 Å². The molecule has 1 aliphatic rings. The Morgan fingerprint density at radius 3 is 2.46 bits per heavy atom. The van der Waals surface area contributed by atoms with Gasteiger partial charge in [-0.05, 0) is 48.7 Å². The molecule has 0 unspecified atom stereocenters. The monoisotopic (exact) mass is 579 g/mol. The predicted octanol–water partition coefficient (Wildman–Crippen LogP) is 4.22. The van der Waals surface area contributed by atoms with Crippen molar-refractivity contribution in [3.63, 3.8) is 0 Å². The van der Waals surface area contributed by atoms with Crippen LogP contribution in [0.1, 0.15) is 28.8 Å². The number of nitrogens with one attached hydrogen (secondary N) is 2. The summed E-state index contributed by atoms with van der Waals surface area (Å²) in [7, 11) is -3.35. The van der Waals surface area contributed by atoms with Crippen molar-refractivity contribution >= 4 is 68.1 Å². The second kappa shape index (κ2) is 12.1. The lowest BCUT2D eigenvalue weighted by Gasteiger charge is -2.22. The summed E-state index contributed by atoms with van der Waals surface area (Å²) in [6, 6.07) is 8.64. The van der Waals surface area contributed by atoms with Gasteiger partial charge in [0.25, 0.3) is 5.91 Å². The number of sulfone groups is 1. The van der Waals surface area contributed by atoms with E-state index >= 15 is 0 Å². The molecule has 0 aliphatic carbocycles. The molecule has 2 atom stereocenters. The van der Waals surface area contributed by atoms with Gasteiger partial charge in [0.05, 0.1) is 26.4 Å². The average Bonchev–Trinajstić information content (AvgIpc) is 3.19. The summed E-state index contributed by atoms with van der Waals surface area (Å²) in [5, 5.41) is 7.03. The summed E-state index contributed by atoms with van der Waals surface area (Å²) in [4.78, 5) is 28.0. The molecule has 2 aromatic carbocycles. The van der Waals surface area contributed by atoms with Gasteiger partial charge in [-0.1, -0.05) is 52.5 Å². The Kier molecular flexibility index (Phi) is 9.71. The van der Waals surface area contributed by atoms with E-state index < -0.39 is 27.7 Å². The van der Waals surface area contributed by atoms with Crippen LogP contribution in [-0.4, -0.2) is 62.3 Å². The molecular weight excluding hydrogens is 556 g/mol. The number of hydrogen-bond acceptors (Lipinski definition) is 5. The van der Waals surface area contributed by atoms with E-state index in [0.29, 0.717) is 34.6 Å². The third kappa shape index (κ3) is 8.51. The van der Waals surface area contributed by atoms with Gasteiger partial charge in [-0.25, -0.2) is 8.42 Å². The second-order valence-electron chi connectivity index (χ2n) is 8.55. The molecule has 3 rings (SSSR count). The molecule has 0 aromatic heterocycles. The number of rotatable bonds is 9. The number of nitrogens with zero attached hydrogens (tertiary/aromatic N) is 1. The Morgan fingerprint density at radius 1 is 1.06 bits per heavy atom. The van der Waals surface area contributed by atoms with E-state index in [1.807, 2.05) is 12.1 Å². The van der Waals surface area contributed by atoms with Crippen molar-refractivity contribution in [3.05, 3.63) is 67.6 Å². The van der Waals surface area contributed by atoms with Crippen LogP contribution >= 0.6 is 46.4 Å². The summed E-state index contributed by atoms with van der Waals surface area (Å²) in [6.45, 7) is 2.00. The van der Waals surface area contributed by atoms with Crippen molar-refractivity contribution in [1.29, 1.82) is 0 Å². The van der Waals surface area contributed by atoms with E-state index in [2.05, 4.69) is 15.5 Å². The summed E-state index contributed by atoms with van der Waals surface area (Å²) in [6.07, 6.45) is 1.72. The van der Waals surface area contributed by atoms with Gasteiger partial charge in [0, 0.05) is 37.0 Å². The van der Waals surface area contributed by atoms with Gasteiger partial charge in [-0.3, -0.25) is 14.5 Å². The molecule has 2 N–H and O–H groups in total. The number of hydrogen-bond donors (Lipinski definition) is 2. The van der Waals surface area contributed by atoms with E-state index in [1.54, 1.807) is 6.07 Å². The Bertz CT molecular complexity index is 1210. The Morgan fingerprint density at radius 2 is 1.80 bits per heavy atom. The minimum Gasteiger partial charge on any atom is -0.350 e. The second-order valence-corrected chi connectivity index (χ2v) is 12.5. The van der Waals surface area contributed by atoms with Crippen molar-refractivity contribution in [2.45, 2.75) is 31.5 Å². The molecule has 1 fully saturated rings. The average molecular weight is 581 g/mol. The van der Waals surface area contributed by atoms with Gasteiger partial charge >= 0.3 is 0 Å².